The minimum atomic E-state index is -0.615. The molecule has 1 heterocycles. The van der Waals surface area contributed by atoms with Gasteiger partial charge in [-0.15, -0.1) is 0 Å². The number of nitriles is 1. The Morgan fingerprint density at radius 2 is 2.08 bits per heavy atom. The van der Waals surface area contributed by atoms with Crippen molar-refractivity contribution >= 4 is 22.4 Å². The highest BCUT2D eigenvalue weighted by Gasteiger charge is 2.50. The molecule has 0 amide bonds. The lowest BCUT2D eigenvalue weighted by molar-refractivity contribution is 0.0604. The molecule has 1 aromatic carbocycles. The number of hydrogen-bond acceptors (Lipinski definition) is 7. The average Bonchev–Trinajstić information content (AvgIpc) is 3.34. The smallest absolute Gasteiger partial charge is 0.350 e. The van der Waals surface area contributed by atoms with Gasteiger partial charge in [0.1, 0.15) is 16.0 Å². The number of hydrogen-bond donors (Lipinski definition) is 1. The Morgan fingerprint density at radius 1 is 1.36 bits per heavy atom. The Morgan fingerprint density at radius 3 is 2.64 bits per heavy atom. The maximum atomic E-state index is 12.0. The molecular weight excluding hydrogens is 338 g/mol. The van der Waals surface area contributed by atoms with Crippen molar-refractivity contribution in [3.05, 3.63) is 40.4 Å². The second-order valence-corrected chi connectivity index (χ2v) is 6.91. The maximum absolute atomic E-state index is 12.0. The number of aromatic nitrogens is 1. The van der Waals surface area contributed by atoms with Crippen molar-refractivity contribution in [1.29, 1.82) is 5.26 Å². The van der Waals surface area contributed by atoms with Crippen LogP contribution in [0.2, 0.25) is 0 Å². The average molecular weight is 357 g/mol. The summed E-state index contributed by atoms with van der Waals surface area (Å²) in [5.74, 6) is 0.396. The fourth-order valence-electron chi connectivity index (χ4n) is 2.58. The summed E-state index contributed by atoms with van der Waals surface area (Å²) < 4.78 is 9.98. The molecule has 2 aromatic rings. The third-order valence-corrected chi connectivity index (χ3v) is 5.26. The van der Waals surface area contributed by atoms with Gasteiger partial charge in [-0.2, -0.15) is 5.26 Å². The Labute approximate surface area is 150 Å². The molecule has 7 heteroatoms. The lowest BCUT2D eigenvalue weighted by Crippen LogP contribution is -2.11. The van der Waals surface area contributed by atoms with E-state index in [0.29, 0.717) is 22.2 Å². The zero-order chi connectivity index (χ0) is 17.9. The van der Waals surface area contributed by atoms with Crippen LogP contribution in [-0.2, 0) is 16.6 Å². The Hall–Kier alpha value is -2.59. The van der Waals surface area contributed by atoms with E-state index in [9.17, 15) is 10.1 Å². The van der Waals surface area contributed by atoms with E-state index in [-0.39, 0.29) is 0 Å². The number of benzene rings is 1. The fraction of sp³-hybridized carbons (Fsp3) is 0.389. The van der Waals surface area contributed by atoms with E-state index >= 15 is 0 Å². The van der Waals surface area contributed by atoms with Crippen LogP contribution in [0.5, 0.6) is 5.75 Å². The molecule has 0 atom stereocenters. The van der Waals surface area contributed by atoms with Gasteiger partial charge in [0, 0.05) is 6.54 Å². The first-order valence-electron chi connectivity index (χ1n) is 7.99. The molecule has 3 rings (SSSR count). The van der Waals surface area contributed by atoms with Gasteiger partial charge in [-0.25, -0.2) is 9.78 Å². The van der Waals surface area contributed by atoms with Crippen LogP contribution in [0.1, 0.15) is 33.8 Å². The van der Waals surface area contributed by atoms with Crippen molar-refractivity contribution in [1.82, 2.24) is 4.98 Å². The molecular formula is C18H19N3O3S. The molecule has 6 nitrogen and oxygen atoms in total. The molecule has 0 spiro atoms. The molecule has 1 aliphatic carbocycles. The number of carbonyl (C=O) groups is 1. The number of nitrogens with one attached hydrogen (secondary N) is 1. The second kappa shape index (κ2) is 7.11. The summed E-state index contributed by atoms with van der Waals surface area (Å²) in [4.78, 5) is 16.9. The van der Waals surface area contributed by atoms with Gasteiger partial charge in [0.15, 0.2) is 5.13 Å². The lowest BCUT2D eigenvalue weighted by Gasteiger charge is -2.05. The van der Waals surface area contributed by atoms with Gasteiger partial charge in [-0.3, -0.25) is 0 Å². The number of carbonyl (C=O) groups excluding carboxylic acids is 1. The Bertz CT molecular complexity index is 804. The van der Waals surface area contributed by atoms with E-state index < -0.39 is 11.4 Å². The number of esters is 1. The van der Waals surface area contributed by atoms with Crippen LogP contribution in [0.25, 0.3) is 0 Å². The first-order valence-corrected chi connectivity index (χ1v) is 8.81. The van der Waals surface area contributed by atoms with Gasteiger partial charge in [0.2, 0.25) is 0 Å². The normalized spacial score (nSPS) is 14.4. The lowest BCUT2D eigenvalue weighted by atomic mass is 10.0. The van der Waals surface area contributed by atoms with Crippen LogP contribution in [0.4, 0.5) is 5.13 Å². The highest BCUT2D eigenvalue weighted by molar-refractivity contribution is 7.17. The van der Waals surface area contributed by atoms with Gasteiger partial charge >= 0.3 is 5.97 Å². The number of methoxy groups -OCH3 is 2. The summed E-state index contributed by atoms with van der Waals surface area (Å²) >= 11 is 1.25. The topological polar surface area (TPSA) is 84.2 Å². The predicted octanol–water partition coefficient (Wildman–Crippen LogP) is 3.15. The molecule has 0 saturated heterocycles. The zero-order valence-electron chi connectivity index (χ0n) is 14.2. The molecule has 1 aromatic heterocycles. The summed E-state index contributed by atoms with van der Waals surface area (Å²) in [5, 5.41) is 13.3. The Kier molecular flexibility index (Phi) is 4.91. The van der Waals surface area contributed by atoms with E-state index in [0.717, 1.165) is 25.0 Å². The van der Waals surface area contributed by atoms with Crippen molar-refractivity contribution < 1.29 is 14.3 Å². The number of rotatable bonds is 7. The van der Waals surface area contributed by atoms with Crippen LogP contribution >= 0.6 is 11.3 Å². The van der Waals surface area contributed by atoms with Crippen LogP contribution in [0.15, 0.2) is 24.3 Å². The Balaban J connectivity index is 1.68. The standard InChI is InChI=1S/C18H19N3O3S/c1-23-13-5-3-12(4-6-13)7-10-20-17-21-15(18(11-19)8-9-18)14(25-17)16(22)24-2/h3-6H,7-10H2,1-2H3,(H,20,21). The molecule has 1 N–H and O–H groups in total. The summed E-state index contributed by atoms with van der Waals surface area (Å²) in [6, 6.07) is 10.2. The fourth-order valence-corrected chi connectivity index (χ4v) is 3.59. The summed E-state index contributed by atoms with van der Waals surface area (Å²) in [5.41, 5.74) is 1.11. The first kappa shape index (κ1) is 17.2. The largest absolute Gasteiger partial charge is 0.497 e. The van der Waals surface area contributed by atoms with Crippen molar-refractivity contribution in [3.63, 3.8) is 0 Å². The number of thiazole rings is 1. The molecule has 0 unspecified atom stereocenters. The second-order valence-electron chi connectivity index (χ2n) is 5.91. The van der Waals surface area contributed by atoms with E-state index in [1.54, 1.807) is 7.11 Å². The zero-order valence-corrected chi connectivity index (χ0v) is 15.0. The van der Waals surface area contributed by atoms with Crippen LogP contribution in [-0.4, -0.2) is 31.7 Å². The minimum Gasteiger partial charge on any atom is -0.497 e. The molecule has 1 saturated carbocycles. The molecule has 1 aliphatic rings. The molecule has 0 bridgehead atoms. The van der Waals surface area contributed by atoms with Crippen LogP contribution < -0.4 is 10.1 Å². The van der Waals surface area contributed by atoms with Gasteiger partial charge in [0.25, 0.3) is 0 Å². The SMILES string of the molecule is COC(=O)c1sc(NCCc2ccc(OC)cc2)nc1C1(C#N)CC1. The minimum absolute atomic E-state index is 0.425. The van der Waals surface area contributed by atoms with E-state index in [1.807, 2.05) is 24.3 Å². The van der Waals surface area contributed by atoms with Crippen LogP contribution in [0.3, 0.4) is 0 Å². The van der Waals surface area contributed by atoms with Crippen LogP contribution in [0, 0.1) is 11.3 Å². The third-order valence-electron chi connectivity index (χ3n) is 4.26. The van der Waals surface area contributed by atoms with Crippen molar-refractivity contribution in [2.24, 2.45) is 0 Å². The molecule has 1 fully saturated rings. The van der Waals surface area contributed by atoms with Crippen molar-refractivity contribution in [3.8, 4) is 11.8 Å². The third kappa shape index (κ3) is 3.59. The van der Waals surface area contributed by atoms with E-state index in [2.05, 4.69) is 16.4 Å². The first-order chi connectivity index (χ1) is 12.1. The molecule has 0 radical (unpaired) electrons. The number of nitrogens with zero attached hydrogens (tertiary/aromatic N) is 2. The number of ether oxygens (including phenoxy) is 2. The summed E-state index contributed by atoms with van der Waals surface area (Å²) in [6.45, 7) is 0.680. The summed E-state index contributed by atoms with van der Waals surface area (Å²) in [7, 11) is 2.98. The van der Waals surface area contributed by atoms with E-state index in [1.165, 1.54) is 24.0 Å². The van der Waals surface area contributed by atoms with Gasteiger partial charge < -0.3 is 14.8 Å². The van der Waals surface area contributed by atoms with Gasteiger partial charge in [-0.05, 0) is 37.0 Å². The predicted molar refractivity (Wildman–Crippen MR) is 95.2 cm³/mol. The molecule has 0 aliphatic heterocycles. The van der Waals surface area contributed by atoms with Gasteiger partial charge in [-0.1, -0.05) is 23.5 Å². The number of anilines is 1. The van der Waals surface area contributed by atoms with E-state index in [4.69, 9.17) is 9.47 Å². The van der Waals surface area contributed by atoms with Crippen molar-refractivity contribution in [2.75, 3.05) is 26.1 Å². The highest BCUT2D eigenvalue weighted by atomic mass is 32.1. The monoisotopic (exact) mass is 357 g/mol. The highest BCUT2D eigenvalue weighted by Crippen LogP contribution is 2.50. The molecule has 25 heavy (non-hydrogen) atoms. The summed E-state index contributed by atoms with van der Waals surface area (Å²) in [6.07, 6.45) is 2.29. The quantitative estimate of drug-likeness (QED) is 0.766. The maximum Gasteiger partial charge on any atom is 0.350 e. The molecule has 130 valence electrons. The van der Waals surface area contributed by atoms with Crippen molar-refractivity contribution in [2.45, 2.75) is 24.7 Å². The van der Waals surface area contributed by atoms with Gasteiger partial charge in [0.05, 0.1) is 26.0 Å².